The smallest absolute Gasteiger partial charge is 0.323 e. The van der Waals surface area contributed by atoms with Crippen LogP contribution in [-0.4, -0.2) is 80.2 Å². The Bertz CT molecular complexity index is 491. The number of nitrogens with zero attached hydrogens (tertiary/aromatic N) is 1. The van der Waals surface area contributed by atoms with E-state index in [2.05, 4.69) is 5.32 Å². The van der Waals surface area contributed by atoms with E-state index in [1.54, 1.807) is 0 Å². The van der Waals surface area contributed by atoms with E-state index in [9.17, 15) is 18.0 Å². The zero-order chi connectivity index (χ0) is 14.8. The number of carboxylic acids is 1. The van der Waals surface area contributed by atoms with Gasteiger partial charge in [0.2, 0.25) is 5.91 Å². The quantitative estimate of drug-likeness (QED) is 0.622. The minimum atomic E-state index is -3.04. The molecular weight excluding hydrogens is 288 g/mol. The highest BCUT2D eigenvalue weighted by Crippen LogP contribution is 2.12. The summed E-state index contributed by atoms with van der Waals surface area (Å²) >= 11 is 0. The van der Waals surface area contributed by atoms with Crippen LogP contribution in [0, 0.1) is 0 Å². The van der Waals surface area contributed by atoms with Gasteiger partial charge in [0, 0.05) is 12.6 Å². The first-order valence-electron chi connectivity index (χ1n) is 6.42. The van der Waals surface area contributed by atoms with Gasteiger partial charge in [0.05, 0.1) is 31.3 Å². The molecule has 2 aliphatic heterocycles. The van der Waals surface area contributed by atoms with Crippen LogP contribution >= 0.6 is 0 Å². The summed E-state index contributed by atoms with van der Waals surface area (Å²) in [4.78, 5) is 24.4. The van der Waals surface area contributed by atoms with Crippen LogP contribution in [0.5, 0.6) is 0 Å². The summed E-state index contributed by atoms with van der Waals surface area (Å²) in [5.74, 6) is -1.32. The number of rotatable bonds is 4. The van der Waals surface area contributed by atoms with Crippen LogP contribution in [-0.2, 0) is 24.2 Å². The van der Waals surface area contributed by atoms with Crippen molar-refractivity contribution in [3.05, 3.63) is 0 Å². The third kappa shape index (κ3) is 3.90. The van der Waals surface area contributed by atoms with Gasteiger partial charge in [0.1, 0.15) is 6.04 Å². The Kier molecular flexibility index (Phi) is 4.61. The number of nitrogens with one attached hydrogen (secondary N) is 1. The lowest BCUT2D eigenvalue weighted by atomic mass is 10.2. The summed E-state index contributed by atoms with van der Waals surface area (Å²) in [6, 6.07) is -1.20. The number of morpholine rings is 1. The fourth-order valence-electron chi connectivity index (χ4n) is 2.42. The standard InChI is InChI=1S/C11H18N2O6S/c14-10(12-8-1-4-20(17,18)7-8)5-13-2-3-19-6-9(13)11(15)16/h8-9H,1-7H2,(H,12,14)(H,15,16). The van der Waals surface area contributed by atoms with Gasteiger partial charge in [-0.25, -0.2) is 8.42 Å². The van der Waals surface area contributed by atoms with Gasteiger partial charge in [0.15, 0.2) is 9.84 Å². The van der Waals surface area contributed by atoms with Crippen molar-refractivity contribution in [3.63, 3.8) is 0 Å². The maximum Gasteiger partial charge on any atom is 0.323 e. The lowest BCUT2D eigenvalue weighted by Gasteiger charge is -2.32. The van der Waals surface area contributed by atoms with Crippen molar-refractivity contribution < 1.29 is 27.9 Å². The van der Waals surface area contributed by atoms with Gasteiger partial charge in [-0.3, -0.25) is 14.5 Å². The topological polar surface area (TPSA) is 113 Å². The van der Waals surface area contributed by atoms with Gasteiger partial charge >= 0.3 is 5.97 Å². The molecule has 8 nitrogen and oxygen atoms in total. The van der Waals surface area contributed by atoms with E-state index in [1.807, 2.05) is 0 Å². The molecule has 0 spiro atoms. The summed E-state index contributed by atoms with van der Waals surface area (Å²) in [5, 5.41) is 11.7. The minimum Gasteiger partial charge on any atom is -0.480 e. The number of carbonyl (C=O) groups is 2. The molecule has 2 fully saturated rings. The number of hydrogen-bond acceptors (Lipinski definition) is 6. The van der Waals surface area contributed by atoms with E-state index in [4.69, 9.17) is 9.84 Å². The fraction of sp³-hybridized carbons (Fsp3) is 0.818. The zero-order valence-electron chi connectivity index (χ0n) is 10.9. The third-order valence-corrected chi connectivity index (χ3v) is 5.24. The Hall–Kier alpha value is -1.19. The Morgan fingerprint density at radius 2 is 2.15 bits per heavy atom. The molecule has 2 aliphatic rings. The van der Waals surface area contributed by atoms with E-state index >= 15 is 0 Å². The summed E-state index contributed by atoms with van der Waals surface area (Å²) in [6.07, 6.45) is 0.416. The summed E-state index contributed by atoms with van der Waals surface area (Å²) in [7, 11) is -3.04. The highest BCUT2D eigenvalue weighted by atomic mass is 32.2. The van der Waals surface area contributed by atoms with E-state index in [1.165, 1.54) is 4.90 Å². The van der Waals surface area contributed by atoms with E-state index in [0.29, 0.717) is 19.6 Å². The van der Waals surface area contributed by atoms with Gasteiger partial charge in [-0.15, -0.1) is 0 Å². The van der Waals surface area contributed by atoms with Crippen molar-refractivity contribution in [2.24, 2.45) is 0 Å². The highest BCUT2D eigenvalue weighted by Gasteiger charge is 2.32. The Labute approximate surface area is 117 Å². The molecule has 0 bridgehead atoms. The average molecular weight is 306 g/mol. The number of carbonyl (C=O) groups excluding carboxylic acids is 1. The molecule has 2 heterocycles. The molecule has 0 aromatic carbocycles. The molecule has 0 aromatic rings. The maximum atomic E-state index is 11.9. The molecule has 1 amide bonds. The van der Waals surface area contributed by atoms with Crippen molar-refractivity contribution in [2.45, 2.75) is 18.5 Å². The van der Waals surface area contributed by atoms with Crippen molar-refractivity contribution in [2.75, 3.05) is 37.8 Å². The van der Waals surface area contributed by atoms with Gasteiger partial charge in [-0.05, 0) is 6.42 Å². The van der Waals surface area contributed by atoms with Crippen LogP contribution < -0.4 is 5.32 Å². The molecule has 0 radical (unpaired) electrons. The zero-order valence-corrected chi connectivity index (χ0v) is 11.8. The normalized spacial score (nSPS) is 30.0. The van der Waals surface area contributed by atoms with Crippen molar-refractivity contribution in [3.8, 4) is 0 Å². The number of ether oxygens (including phenoxy) is 1. The molecule has 114 valence electrons. The average Bonchev–Trinajstić information content (AvgIpc) is 2.68. The number of hydrogen-bond donors (Lipinski definition) is 2. The second-order valence-electron chi connectivity index (χ2n) is 5.07. The SMILES string of the molecule is O=C(CN1CCOCC1C(=O)O)NC1CCS(=O)(=O)C1. The summed E-state index contributed by atoms with van der Waals surface area (Å²) in [6.45, 7) is 0.750. The van der Waals surface area contributed by atoms with Crippen LogP contribution in [0.15, 0.2) is 0 Å². The Morgan fingerprint density at radius 3 is 2.75 bits per heavy atom. The van der Waals surface area contributed by atoms with Crippen molar-refractivity contribution in [1.29, 1.82) is 0 Å². The number of amides is 1. The first-order chi connectivity index (χ1) is 9.37. The second-order valence-corrected chi connectivity index (χ2v) is 7.30. The Morgan fingerprint density at radius 1 is 1.40 bits per heavy atom. The molecule has 0 saturated carbocycles. The van der Waals surface area contributed by atoms with E-state index < -0.39 is 21.8 Å². The summed E-state index contributed by atoms with van der Waals surface area (Å²) < 4.78 is 27.7. The number of carboxylic acid groups (broad SMARTS) is 1. The third-order valence-electron chi connectivity index (χ3n) is 3.47. The van der Waals surface area contributed by atoms with Gasteiger partial charge in [-0.1, -0.05) is 0 Å². The van der Waals surface area contributed by atoms with Crippen LogP contribution in [0.3, 0.4) is 0 Å². The van der Waals surface area contributed by atoms with Crippen molar-refractivity contribution in [1.82, 2.24) is 10.2 Å². The molecule has 20 heavy (non-hydrogen) atoms. The van der Waals surface area contributed by atoms with Crippen LogP contribution in [0.1, 0.15) is 6.42 Å². The van der Waals surface area contributed by atoms with Gasteiger partial charge < -0.3 is 15.2 Å². The lowest BCUT2D eigenvalue weighted by molar-refractivity contribution is -0.150. The maximum absolute atomic E-state index is 11.9. The van der Waals surface area contributed by atoms with Crippen LogP contribution in [0.4, 0.5) is 0 Å². The predicted molar refractivity (Wildman–Crippen MR) is 69.0 cm³/mol. The molecule has 2 unspecified atom stereocenters. The monoisotopic (exact) mass is 306 g/mol. The Balaban J connectivity index is 1.86. The molecule has 0 aromatic heterocycles. The van der Waals surface area contributed by atoms with E-state index in [0.717, 1.165) is 0 Å². The van der Waals surface area contributed by atoms with Crippen LogP contribution in [0.2, 0.25) is 0 Å². The first-order valence-corrected chi connectivity index (χ1v) is 8.24. The summed E-state index contributed by atoms with van der Waals surface area (Å²) in [5.41, 5.74) is 0. The molecule has 9 heteroatoms. The first kappa shape index (κ1) is 15.2. The molecule has 2 N–H and O–H groups in total. The largest absolute Gasteiger partial charge is 0.480 e. The fourth-order valence-corrected chi connectivity index (χ4v) is 4.09. The second kappa shape index (κ2) is 6.06. The van der Waals surface area contributed by atoms with Gasteiger partial charge in [0.25, 0.3) is 0 Å². The highest BCUT2D eigenvalue weighted by molar-refractivity contribution is 7.91. The number of sulfone groups is 1. The minimum absolute atomic E-state index is 0.0375. The van der Waals surface area contributed by atoms with Crippen LogP contribution in [0.25, 0.3) is 0 Å². The predicted octanol–water partition coefficient (Wildman–Crippen LogP) is -1.92. The molecule has 0 aliphatic carbocycles. The number of aliphatic carboxylic acids is 1. The lowest BCUT2D eigenvalue weighted by Crippen LogP contribution is -2.54. The molecule has 2 saturated heterocycles. The molecule has 2 rings (SSSR count). The van der Waals surface area contributed by atoms with Crippen molar-refractivity contribution >= 4 is 21.7 Å². The molecular formula is C11H18N2O6S. The van der Waals surface area contributed by atoms with E-state index in [-0.39, 0.29) is 36.6 Å². The van der Waals surface area contributed by atoms with Gasteiger partial charge in [-0.2, -0.15) is 0 Å². The molecule has 2 atom stereocenters.